The number of aromatic nitrogens is 2. The first kappa shape index (κ1) is 28.9. The van der Waals surface area contributed by atoms with E-state index in [1.165, 1.54) is 19.2 Å². The molecule has 208 valence electrons. The van der Waals surface area contributed by atoms with E-state index < -0.39 is 28.9 Å². The average molecular weight is 561 g/mol. The van der Waals surface area contributed by atoms with Gasteiger partial charge in [0.15, 0.2) is 0 Å². The quantitative estimate of drug-likeness (QED) is 0.0919. The Morgan fingerprint density at radius 2 is 1.77 bits per heavy atom. The Morgan fingerprint density at radius 1 is 1.10 bits per heavy atom. The summed E-state index contributed by atoms with van der Waals surface area (Å²) in [5, 5.41) is 20.3. The Balaban J connectivity index is 1.57. The Kier molecular flexibility index (Phi) is 9.43. The predicted octanol–water partition coefficient (Wildman–Crippen LogP) is 2.83. The molecule has 3 aromatic rings. The van der Waals surface area contributed by atoms with E-state index in [1.807, 2.05) is 48.9 Å². The van der Waals surface area contributed by atoms with E-state index in [1.54, 1.807) is 16.8 Å². The summed E-state index contributed by atoms with van der Waals surface area (Å²) in [4.78, 5) is 27.0. The number of hydrogen-bond donors (Lipinski definition) is 1. The highest BCUT2D eigenvalue weighted by Gasteiger charge is 2.20. The van der Waals surface area contributed by atoms with Gasteiger partial charge < -0.3 is 19.5 Å². The molecule has 0 aliphatic heterocycles. The number of nitrogens with one attached hydrogen (secondary N) is 1. The molecule has 14 nitrogen and oxygen atoms in total. The molecule has 0 atom stereocenters. The lowest BCUT2D eigenvalue weighted by molar-refractivity contribution is -0.706. The van der Waals surface area contributed by atoms with Gasteiger partial charge in [-0.1, -0.05) is 29.8 Å². The summed E-state index contributed by atoms with van der Waals surface area (Å²) in [7, 11) is -2.91. The van der Waals surface area contributed by atoms with Crippen LogP contribution < -0.4 is 4.72 Å². The molecule has 0 bridgehead atoms. The van der Waals surface area contributed by atoms with Crippen LogP contribution in [0.25, 0.3) is 16.9 Å². The van der Waals surface area contributed by atoms with Crippen molar-refractivity contribution < 1.29 is 37.3 Å². The van der Waals surface area contributed by atoms with Crippen LogP contribution in [0.5, 0.6) is 0 Å². The molecule has 1 amide bonds. The Hall–Kier alpha value is -4.66. The zero-order valence-corrected chi connectivity index (χ0v) is 22.5. The molecule has 1 N–H and O–H groups in total. The number of hydrogen-bond acceptors (Lipinski definition) is 10. The van der Waals surface area contributed by atoms with Crippen molar-refractivity contribution in [1.82, 2.24) is 19.5 Å². The standard InChI is InChI=1S/C24H28N6O8S/c1-17-5-7-20(8-6-17)23-15-18(2)25-29(23)21-9-11-22(12-10-21)39(34,35)26-24(32)36-14-13-28(4)30(33)27-38-16-37-19(3)31/h5-12,15H,13-14,16H2,1-4H3,(H,26,32)/b30-27-. The number of likely N-dealkylation sites (N-methyl/N-ethyl adjacent to an activating group) is 1. The number of benzene rings is 2. The third-order valence-electron chi connectivity index (χ3n) is 5.17. The molecule has 0 fully saturated rings. The van der Waals surface area contributed by atoms with Crippen LogP contribution in [-0.2, 0) is 29.1 Å². The first-order valence-electron chi connectivity index (χ1n) is 11.5. The minimum absolute atomic E-state index is 0.0361. The van der Waals surface area contributed by atoms with Crippen LogP contribution in [0.3, 0.4) is 0 Å². The second-order valence-corrected chi connectivity index (χ2v) is 9.97. The van der Waals surface area contributed by atoms with Crippen molar-refractivity contribution >= 4 is 22.1 Å². The molecule has 0 saturated heterocycles. The average Bonchev–Trinajstić information content (AvgIpc) is 3.28. The maximum atomic E-state index is 12.6. The first-order chi connectivity index (χ1) is 18.5. The summed E-state index contributed by atoms with van der Waals surface area (Å²) in [6, 6.07) is 15.7. The number of rotatable bonds is 11. The molecule has 3 rings (SSSR count). The van der Waals surface area contributed by atoms with Gasteiger partial charge in [0, 0.05) is 12.5 Å². The lowest BCUT2D eigenvalue weighted by Crippen LogP contribution is -2.35. The summed E-state index contributed by atoms with van der Waals surface area (Å²) >= 11 is 0. The first-order valence-corrected chi connectivity index (χ1v) is 13.0. The van der Waals surface area contributed by atoms with E-state index in [0.717, 1.165) is 34.4 Å². The minimum atomic E-state index is -4.23. The van der Waals surface area contributed by atoms with E-state index >= 15 is 0 Å². The van der Waals surface area contributed by atoms with Crippen molar-refractivity contribution in [2.24, 2.45) is 5.28 Å². The molecule has 0 unspecified atom stereocenters. The highest BCUT2D eigenvalue weighted by Crippen LogP contribution is 2.25. The van der Waals surface area contributed by atoms with E-state index in [-0.39, 0.29) is 23.0 Å². The van der Waals surface area contributed by atoms with Crippen molar-refractivity contribution in [3.05, 3.63) is 71.1 Å². The number of nitrogens with zero attached hydrogens (tertiary/aromatic N) is 5. The van der Waals surface area contributed by atoms with Crippen molar-refractivity contribution in [3.63, 3.8) is 0 Å². The predicted molar refractivity (Wildman–Crippen MR) is 137 cm³/mol. The van der Waals surface area contributed by atoms with Gasteiger partial charge in [0.25, 0.3) is 16.8 Å². The summed E-state index contributed by atoms with van der Waals surface area (Å²) in [5.74, 6) is -0.610. The number of hydrazine groups is 1. The fourth-order valence-corrected chi connectivity index (χ4v) is 4.08. The van der Waals surface area contributed by atoms with Gasteiger partial charge in [-0.3, -0.25) is 4.79 Å². The molecule has 15 heteroatoms. The monoisotopic (exact) mass is 560 g/mol. The van der Waals surface area contributed by atoms with Crippen LogP contribution >= 0.6 is 0 Å². The molecule has 0 radical (unpaired) electrons. The molecule has 0 saturated carbocycles. The highest BCUT2D eigenvalue weighted by molar-refractivity contribution is 7.90. The minimum Gasteiger partial charge on any atom is -0.569 e. The maximum absolute atomic E-state index is 12.6. The normalized spacial score (nSPS) is 11.5. The fraction of sp³-hybridized carbons (Fsp3) is 0.292. The second-order valence-electron chi connectivity index (χ2n) is 8.28. The number of amides is 1. The van der Waals surface area contributed by atoms with Gasteiger partial charge in [0.1, 0.15) is 13.2 Å². The summed E-state index contributed by atoms with van der Waals surface area (Å²) in [6.07, 6.45) is -1.22. The van der Waals surface area contributed by atoms with Crippen LogP contribution in [0, 0.1) is 19.1 Å². The lowest BCUT2D eigenvalue weighted by atomic mass is 10.1. The largest absolute Gasteiger partial charge is 0.569 e. The van der Waals surface area contributed by atoms with Crippen LogP contribution in [0.4, 0.5) is 4.79 Å². The van der Waals surface area contributed by atoms with Crippen LogP contribution in [0.15, 0.2) is 64.8 Å². The Labute approximate surface area is 225 Å². The van der Waals surface area contributed by atoms with E-state index in [9.17, 15) is 23.2 Å². The fourth-order valence-electron chi connectivity index (χ4n) is 3.19. The number of sulfonamides is 1. The van der Waals surface area contributed by atoms with E-state index in [0.29, 0.717) is 5.69 Å². The number of esters is 1. The lowest BCUT2D eigenvalue weighted by Gasteiger charge is -2.13. The van der Waals surface area contributed by atoms with Gasteiger partial charge in [-0.15, -0.1) is 5.01 Å². The van der Waals surface area contributed by atoms with Gasteiger partial charge in [-0.2, -0.15) is 5.10 Å². The van der Waals surface area contributed by atoms with Gasteiger partial charge in [-0.25, -0.2) is 22.6 Å². The maximum Gasteiger partial charge on any atom is 0.421 e. The molecule has 0 spiro atoms. The van der Waals surface area contributed by atoms with Crippen LogP contribution in [0.2, 0.25) is 0 Å². The van der Waals surface area contributed by atoms with E-state index in [4.69, 9.17) is 4.74 Å². The number of ether oxygens (including phenoxy) is 2. The zero-order chi connectivity index (χ0) is 28.6. The molecule has 0 aliphatic rings. The van der Waals surface area contributed by atoms with Crippen molar-refractivity contribution in [3.8, 4) is 16.9 Å². The highest BCUT2D eigenvalue weighted by atomic mass is 32.2. The number of carbonyl (C=O) groups excluding carboxylic acids is 2. The van der Waals surface area contributed by atoms with Gasteiger partial charge in [0.2, 0.25) is 5.28 Å². The Bertz CT molecular complexity index is 1440. The molecule has 0 aliphatic carbocycles. The molecule has 1 heterocycles. The summed E-state index contributed by atoms with van der Waals surface area (Å²) in [5.41, 5.74) is 4.35. The smallest absolute Gasteiger partial charge is 0.421 e. The zero-order valence-electron chi connectivity index (χ0n) is 21.7. The molecular formula is C24H28N6O8S. The van der Waals surface area contributed by atoms with E-state index in [2.05, 4.69) is 20.0 Å². The topological polar surface area (TPSA) is 167 Å². The summed E-state index contributed by atoms with van der Waals surface area (Å²) in [6.45, 7) is 4.00. The number of aryl methyl sites for hydroxylation is 2. The molecule has 2 aromatic carbocycles. The third-order valence-corrected chi connectivity index (χ3v) is 6.50. The molecule has 39 heavy (non-hydrogen) atoms. The number of carbonyl (C=O) groups is 2. The van der Waals surface area contributed by atoms with Gasteiger partial charge >= 0.3 is 12.1 Å². The van der Waals surface area contributed by atoms with Gasteiger partial charge in [-0.05, 0) is 44.2 Å². The second kappa shape index (κ2) is 12.7. The van der Waals surface area contributed by atoms with Crippen LogP contribution in [-0.4, -0.2) is 67.2 Å². The third kappa shape index (κ3) is 8.16. The van der Waals surface area contributed by atoms with Crippen molar-refractivity contribution in [1.29, 1.82) is 0 Å². The molecular weight excluding hydrogens is 532 g/mol. The van der Waals surface area contributed by atoms with Crippen LogP contribution in [0.1, 0.15) is 18.2 Å². The molecule has 1 aromatic heterocycles. The Morgan fingerprint density at radius 3 is 2.41 bits per heavy atom. The van der Waals surface area contributed by atoms with Crippen molar-refractivity contribution in [2.75, 3.05) is 27.0 Å². The van der Waals surface area contributed by atoms with Gasteiger partial charge in [0.05, 0.1) is 34.0 Å². The SMILES string of the molecule is CC(=O)OCO/N=[N+](\[O-])N(C)CCOC(=O)NS(=O)(=O)c1ccc(-n2nc(C)cc2-c2ccc(C)cc2)cc1. The summed E-state index contributed by atoms with van der Waals surface area (Å²) < 4.78 is 38.1. The van der Waals surface area contributed by atoms with Crippen molar-refractivity contribution in [2.45, 2.75) is 25.7 Å².